The topological polar surface area (TPSA) is 44.8 Å². The molecule has 0 aromatic heterocycles. The lowest BCUT2D eigenvalue weighted by atomic mass is 10.1. The van der Waals surface area contributed by atoms with E-state index in [1.807, 2.05) is 24.3 Å². The lowest BCUT2D eigenvalue weighted by Crippen LogP contribution is -2.04. The number of hydrogen-bond donors (Lipinski definition) is 0. The lowest BCUT2D eigenvalue weighted by molar-refractivity contribution is 0.104. The van der Waals surface area contributed by atoms with Gasteiger partial charge in [0.2, 0.25) is 0 Å². The number of carbonyl (C=O) groups is 1. The summed E-state index contributed by atoms with van der Waals surface area (Å²) in [6, 6.07) is 10.5. The van der Waals surface area contributed by atoms with E-state index >= 15 is 0 Å². The molecular formula is C22H21ClO4. The molecule has 27 heavy (non-hydrogen) atoms. The second-order valence-corrected chi connectivity index (χ2v) is 5.86. The van der Waals surface area contributed by atoms with Gasteiger partial charge in [0.25, 0.3) is 0 Å². The first kappa shape index (κ1) is 20.3. The van der Waals surface area contributed by atoms with Crippen LogP contribution in [0.3, 0.4) is 0 Å². The molecule has 140 valence electrons. The van der Waals surface area contributed by atoms with Gasteiger partial charge in [-0.3, -0.25) is 4.79 Å². The van der Waals surface area contributed by atoms with E-state index < -0.39 is 0 Å². The van der Waals surface area contributed by atoms with Gasteiger partial charge in [0.05, 0.1) is 17.7 Å². The van der Waals surface area contributed by atoms with Gasteiger partial charge >= 0.3 is 0 Å². The second kappa shape index (κ2) is 10.2. The number of ketones is 1. The number of carbonyl (C=O) groups excluding carboxylic acids is 1. The van der Waals surface area contributed by atoms with Crippen molar-refractivity contribution in [1.29, 1.82) is 0 Å². The Balaban J connectivity index is 2.28. The summed E-state index contributed by atoms with van der Waals surface area (Å²) in [5, 5.41) is 0.323. The minimum Gasteiger partial charge on any atom is -0.497 e. The van der Waals surface area contributed by atoms with Gasteiger partial charge in [-0.15, -0.1) is 0 Å². The molecule has 2 aromatic rings. The van der Waals surface area contributed by atoms with Gasteiger partial charge < -0.3 is 14.2 Å². The van der Waals surface area contributed by atoms with Crippen LogP contribution in [-0.2, 0) is 0 Å². The first-order valence-corrected chi connectivity index (χ1v) is 8.64. The van der Waals surface area contributed by atoms with E-state index in [-0.39, 0.29) is 12.4 Å². The van der Waals surface area contributed by atoms with E-state index in [0.717, 1.165) is 11.3 Å². The van der Waals surface area contributed by atoms with Gasteiger partial charge in [0.1, 0.15) is 30.5 Å². The van der Waals surface area contributed by atoms with Gasteiger partial charge in [-0.1, -0.05) is 55.1 Å². The molecule has 0 aliphatic rings. The molecule has 0 N–H and O–H groups in total. The van der Waals surface area contributed by atoms with E-state index in [1.165, 1.54) is 6.08 Å². The molecule has 0 atom stereocenters. The van der Waals surface area contributed by atoms with E-state index in [4.69, 9.17) is 25.8 Å². The maximum Gasteiger partial charge on any atom is 0.189 e. The van der Waals surface area contributed by atoms with Crippen LogP contribution in [0.1, 0.15) is 15.9 Å². The van der Waals surface area contributed by atoms with Gasteiger partial charge in [0, 0.05) is 6.07 Å². The Labute approximate surface area is 164 Å². The fourth-order valence-electron chi connectivity index (χ4n) is 2.23. The third kappa shape index (κ3) is 5.76. The zero-order valence-corrected chi connectivity index (χ0v) is 15.9. The summed E-state index contributed by atoms with van der Waals surface area (Å²) >= 11 is 6.24. The van der Waals surface area contributed by atoms with Crippen molar-refractivity contribution < 1.29 is 19.0 Å². The normalized spacial score (nSPS) is 10.4. The average Bonchev–Trinajstić information content (AvgIpc) is 2.70. The molecule has 0 saturated carbocycles. The van der Waals surface area contributed by atoms with Crippen LogP contribution in [0.5, 0.6) is 17.2 Å². The third-order valence-electron chi connectivity index (χ3n) is 3.56. The fourth-order valence-corrected chi connectivity index (χ4v) is 2.45. The fraction of sp³-hybridized carbons (Fsp3) is 0.136. The maximum absolute atomic E-state index is 12.7. The minimum absolute atomic E-state index is 0.234. The van der Waals surface area contributed by atoms with Crippen molar-refractivity contribution in [2.45, 2.75) is 0 Å². The molecule has 0 saturated heterocycles. The lowest BCUT2D eigenvalue weighted by Gasteiger charge is -2.13. The standard InChI is InChI=1S/C22H21ClO4/c1-4-12-26-21-15-22(27-13-5-2)19(23)14-18(21)20(24)11-8-16-6-9-17(25-3)10-7-16/h4-11,14-15H,1-2,12-13H2,3H3/b11-8+. The van der Waals surface area contributed by atoms with Crippen LogP contribution in [0.15, 0.2) is 67.8 Å². The Bertz CT molecular complexity index is 838. The summed E-state index contributed by atoms with van der Waals surface area (Å²) in [4.78, 5) is 12.7. The van der Waals surface area contributed by atoms with E-state index in [0.29, 0.717) is 28.7 Å². The number of halogens is 1. The highest BCUT2D eigenvalue weighted by atomic mass is 35.5. The smallest absolute Gasteiger partial charge is 0.189 e. The van der Waals surface area contributed by atoms with Crippen molar-refractivity contribution in [2.24, 2.45) is 0 Å². The summed E-state index contributed by atoms with van der Waals surface area (Å²) in [5.41, 5.74) is 1.22. The van der Waals surface area contributed by atoms with Crippen molar-refractivity contribution >= 4 is 23.5 Å². The molecule has 0 spiro atoms. The number of benzene rings is 2. The van der Waals surface area contributed by atoms with Crippen LogP contribution >= 0.6 is 11.6 Å². The summed E-state index contributed by atoms with van der Waals surface area (Å²) in [5.74, 6) is 1.32. The first-order valence-electron chi connectivity index (χ1n) is 8.26. The van der Waals surface area contributed by atoms with Gasteiger partial charge in [0.15, 0.2) is 5.78 Å². The average molecular weight is 385 g/mol. The van der Waals surface area contributed by atoms with Crippen molar-refractivity contribution in [1.82, 2.24) is 0 Å². The van der Waals surface area contributed by atoms with Crippen molar-refractivity contribution in [3.05, 3.63) is 83.9 Å². The highest BCUT2D eigenvalue weighted by Gasteiger charge is 2.15. The van der Waals surface area contributed by atoms with Crippen LogP contribution < -0.4 is 14.2 Å². The van der Waals surface area contributed by atoms with Crippen LogP contribution in [-0.4, -0.2) is 26.1 Å². The maximum atomic E-state index is 12.7. The van der Waals surface area contributed by atoms with Crippen LogP contribution in [0.25, 0.3) is 6.08 Å². The molecule has 0 heterocycles. The SMILES string of the molecule is C=CCOc1cc(OCC=C)c(C(=O)/C=C/c2ccc(OC)cc2)cc1Cl. The number of allylic oxidation sites excluding steroid dienone is 1. The highest BCUT2D eigenvalue weighted by molar-refractivity contribution is 6.32. The molecule has 2 rings (SSSR count). The zero-order chi connectivity index (χ0) is 19.6. The summed E-state index contributed by atoms with van der Waals surface area (Å²) in [6.45, 7) is 7.78. The quantitative estimate of drug-likeness (QED) is 0.313. The molecule has 5 heteroatoms. The molecule has 0 amide bonds. The van der Waals surface area contributed by atoms with Gasteiger partial charge in [-0.05, 0) is 29.8 Å². The predicted octanol–water partition coefficient (Wildman–Crippen LogP) is 5.37. The largest absolute Gasteiger partial charge is 0.497 e. The van der Waals surface area contributed by atoms with Crippen molar-refractivity contribution in [2.75, 3.05) is 20.3 Å². The number of ether oxygens (including phenoxy) is 3. The zero-order valence-electron chi connectivity index (χ0n) is 15.1. The third-order valence-corrected chi connectivity index (χ3v) is 3.85. The molecule has 2 aromatic carbocycles. The number of rotatable bonds is 10. The Morgan fingerprint density at radius 3 is 2.26 bits per heavy atom. The molecule has 0 unspecified atom stereocenters. The van der Waals surface area contributed by atoms with E-state index in [2.05, 4.69) is 13.2 Å². The second-order valence-electron chi connectivity index (χ2n) is 5.45. The Hall–Kier alpha value is -2.98. The van der Waals surface area contributed by atoms with E-state index in [1.54, 1.807) is 37.5 Å². The Morgan fingerprint density at radius 2 is 1.67 bits per heavy atom. The van der Waals surface area contributed by atoms with Crippen LogP contribution in [0, 0.1) is 0 Å². The highest BCUT2D eigenvalue weighted by Crippen LogP contribution is 2.33. The molecular weight excluding hydrogens is 364 g/mol. The van der Waals surface area contributed by atoms with Crippen LogP contribution in [0.4, 0.5) is 0 Å². The Morgan fingerprint density at radius 1 is 1.04 bits per heavy atom. The summed E-state index contributed by atoms with van der Waals surface area (Å²) in [7, 11) is 1.60. The summed E-state index contributed by atoms with van der Waals surface area (Å²) in [6.07, 6.45) is 6.39. The molecule has 0 aliphatic carbocycles. The Kier molecular flexibility index (Phi) is 7.71. The first-order chi connectivity index (χ1) is 13.1. The molecule has 0 aliphatic heterocycles. The predicted molar refractivity (Wildman–Crippen MR) is 109 cm³/mol. The molecule has 4 nitrogen and oxygen atoms in total. The van der Waals surface area contributed by atoms with Crippen molar-refractivity contribution in [3.63, 3.8) is 0 Å². The molecule has 0 bridgehead atoms. The summed E-state index contributed by atoms with van der Waals surface area (Å²) < 4.78 is 16.2. The van der Waals surface area contributed by atoms with Crippen LogP contribution in [0.2, 0.25) is 5.02 Å². The van der Waals surface area contributed by atoms with Crippen molar-refractivity contribution in [3.8, 4) is 17.2 Å². The van der Waals surface area contributed by atoms with Gasteiger partial charge in [-0.2, -0.15) is 0 Å². The van der Waals surface area contributed by atoms with Gasteiger partial charge in [-0.25, -0.2) is 0 Å². The molecule has 0 fully saturated rings. The number of methoxy groups -OCH3 is 1. The monoisotopic (exact) mass is 384 g/mol. The number of hydrogen-bond acceptors (Lipinski definition) is 4. The minimum atomic E-state index is -0.234. The molecule has 0 radical (unpaired) electrons. The van der Waals surface area contributed by atoms with E-state index in [9.17, 15) is 4.79 Å².